The van der Waals surface area contributed by atoms with Gasteiger partial charge in [0, 0.05) is 35.8 Å². The summed E-state index contributed by atoms with van der Waals surface area (Å²) in [5.74, 6) is -1.94. The topological polar surface area (TPSA) is 163 Å². The molecule has 1 aromatic rings. The van der Waals surface area contributed by atoms with Gasteiger partial charge in [0.05, 0.1) is 6.04 Å². The smallest absolute Gasteiger partial charge is 0.319 e. The number of allylic oxidation sites excluding steroid dienone is 2. The van der Waals surface area contributed by atoms with E-state index in [1.165, 1.54) is 28.8 Å². The Bertz CT molecular complexity index is 1160. The standard InChI is InChI=1S/C28H40N6O5S/c1-17(2)14-23(35)30-12-7-10-22(26(29)37)32-27(38)25-21(11-13-34(25)24(36)15-18(3)4)33-28(39)31-19-8-6-9-20(16-19)40-5/h6,8-9,14-16,21-22,25H,7,10-13H2,1-5H3,(H2,29,37)(H,30,35)(H,32,38)(H2,31,33,39)/t21-,22-,25-/m0/s1. The van der Waals surface area contributed by atoms with Gasteiger partial charge in [-0.15, -0.1) is 11.8 Å². The lowest BCUT2D eigenvalue weighted by atomic mass is 10.1. The molecular formula is C28H40N6O5S. The molecule has 0 aliphatic carbocycles. The Morgan fingerprint density at radius 2 is 1.80 bits per heavy atom. The van der Waals surface area contributed by atoms with Gasteiger partial charge in [0.2, 0.25) is 23.6 Å². The van der Waals surface area contributed by atoms with Crippen molar-refractivity contribution >= 4 is 47.1 Å². The van der Waals surface area contributed by atoms with Crippen molar-refractivity contribution in [3.8, 4) is 0 Å². The number of likely N-dealkylation sites (tertiary alicyclic amines) is 1. The number of hydrogen-bond acceptors (Lipinski definition) is 6. The zero-order chi connectivity index (χ0) is 29.8. The molecule has 1 heterocycles. The number of rotatable bonds is 12. The van der Waals surface area contributed by atoms with E-state index >= 15 is 0 Å². The van der Waals surface area contributed by atoms with Gasteiger partial charge >= 0.3 is 6.03 Å². The molecule has 1 saturated heterocycles. The van der Waals surface area contributed by atoms with Crippen LogP contribution in [0.2, 0.25) is 0 Å². The summed E-state index contributed by atoms with van der Waals surface area (Å²) in [5.41, 5.74) is 7.76. The normalized spacial score (nSPS) is 16.8. The lowest BCUT2D eigenvalue weighted by Crippen LogP contribution is -2.58. The Hall–Kier alpha value is -3.80. The van der Waals surface area contributed by atoms with Crippen molar-refractivity contribution in [3.63, 3.8) is 0 Å². The Balaban J connectivity index is 2.13. The van der Waals surface area contributed by atoms with Crippen LogP contribution in [-0.2, 0) is 19.2 Å². The summed E-state index contributed by atoms with van der Waals surface area (Å²) in [7, 11) is 0. The molecule has 1 aliphatic heterocycles. The molecule has 1 aromatic carbocycles. The summed E-state index contributed by atoms with van der Waals surface area (Å²) in [4.78, 5) is 65.5. The maximum Gasteiger partial charge on any atom is 0.319 e. The monoisotopic (exact) mass is 572 g/mol. The van der Waals surface area contributed by atoms with Crippen LogP contribution in [0, 0.1) is 0 Å². The Kier molecular flexibility index (Phi) is 12.7. The zero-order valence-corrected chi connectivity index (χ0v) is 24.5. The third-order valence-electron chi connectivity index (χ3n) is 6.05. The first-order chi connectivity index (χ1) is 18.9. The van der Waals surface area contributed by atoms with Crippen LogP contribution < -0.4 is 27.0 Å². The Labute approximate surface area is 239 Å². The van der Waals surface area contributed by atoms with Gasteiger partial charge in [-0.3, -0.25) is 19.2 Å². The van der Waals surface area contributed by atoms with E-state index in [1.54, 1.807) is 19.9 Å². The highest BCUT2D eigenvalue weighted by atomic mass is 32.2. The number of carbonyl (C=O) groups excluding carboxylic acids is 5. The van der Waals surface area contributed by atoms with Crippen LogP contribution in [0.5, 0.6) is 0 Å². The summed E-state index contributed by atoms with van der Waals surface area (Å²) in [6.07, 6.45) is 5.75. The highest BCUT2D eigenvalue weighted by molar-refractivity contribution is 7.98. The molecule has 218 valence electrons. The lowest BCUT2D eigenvalue weighted by molar-refractivity contribution is -0.137. The molecule has 0 aromatic heterocycles. The number of nitrogens with two attached hydrogens (primary N) is 1. The highest BCUT2D eigenvalue weighted by Gasteiger charge is 2.43. The molecule has 0 unspecified atom stereocenters. The van der Waals surface area contributed by atoms with E-state index in [4.69, 9.17) is 5.73 Å². The van der Waals surface area contributed by atoms with E-state index in [-0.39, 0.29) is 24.8 Å². The minimum Gasteiger partial charge on any atom is -0.368 e. The fraction of sp³-hybridized carbons (Fsp3) is 0.464. The van der Waals surface area contributed by atoms with Gasteiger partial charge in [0.15, 0.2) is 0 Å². The zero-order valence-electron chi connectivity index (χ0n) is 23.7. The maximum atomic E-state index is 13.5. The SMILES string of the molecule is CSc1cccc(NC(=O)N[C@H]2CCN(C(=O)C=C(C)C)[C@@H]2C(=O)N[C@@H](CCCNC(=O)C=C(C)C)C(N)=O)c1. The maximum absolute atomic E-state index is 13.5. The predicted molar refractivity (Wildman–Crippen MR) is 157 cm³/mol. The molecule has 3 atom stereocenters. The largest absolute Gasteiger partial charge is 0.368 e. The summed E-state index contributed by atoms with van der Waals surface area (Å²) in [5, 5.41) is 11.0. The second-order valence-electron chi connectivity index (χ2n) is 10.0. The molecule has 40 heavy (non-hydrogen) atoms. The first-order valence-electron chi connectivity index (χ1n) is 13.1. The second kappa shape index (κ2) is 15.7. The summed E-state index contributed by atoms with van der Waals surface area (Å²) in [6.45, 7) is 7.69. The highest BCUT2D eigenvalue weighted by Crippen LogP contribution is 2.22. The quantitative estimate of drug-likeness (QED) is 0.147. The van der Waals surface area contributed by atoms with Gasteiger partial charge in [0.1, 0.15) is 12.1 Å². The van der Waals surface area contributed by atoms with Gasteiger partial charge in [0.25, 0.3) is 0 Å². The van der Waals surface area contributed by atoms with Crippen LogP contribution in [0.1, 0.15) is 47.0 Å². The van der Waals surface area contributed by atoms with Crippen molar-refractivity contribution < 1.29 is 24.0 Å². The molecule has 1 aliphatic rings. The third kappa shape index (κ3) is 10.4. The Morgan fingerprint density at radius 3 is 2.42 bits per heavy atom. The number of nitrogens with zero attached hydrogens (tertiary/aromatic N) is 1. The Morgan fingerprint density at radius 1 is 1.10 bits per heavy atom. The van der Waals surface area contributed by atoms with Crippen LogP contribution in [0.3, 0.4) is 0 Å². The van der Waals surface area contributed by atoms with Crippen LogP contribution in [-0.4, -0.2) is 72.0 Å². The summed E-state index contributed by atoms with van der Waals surface area (Å²) < 4.78 is 0. The number of amides is 6. The van der Waals surface area contributed by atoms with Crippen molar-refractivity contribution in [1.82, 2.24) is 20.9 Å². The van der Waals surface area contributed by atoms with Gasteiger partial charge < -0.3 is 31.9 Å². The number of benzene rings is 1. The summed E-state index contributed by atoms with van der Waals surface area (Å²) >= 11 is 1.54. The van der Waals surface area contributed by atoms with E-state index in [0.717, 1.165) is 16.0 Å². The van der Waals surface area contributed by atoms with Crippen molar-refractivity contribution in [2.24, 2.45) is 5.73 Å². The number of nitrogens with one attached hydrogen (secondary N) is 4. The van der Waals surface area contributed by atoms with E-state index in [2.05, 4.69) is 21.3 Å². The first kappa shape index (κ1) is 32.4. The second-order valence-corrected chi connectivity index (χ2v) is 10.9. The van der Waals surface area contributed by atoms with Gasteiger partial charge in [-0.1, -0.05) is 17.2 Å². The van der Waals surface area contributed by atoms with Gasteiger partial charge in [-0.2, -0.15) is 0 Å². The lowest BCUT2D eigenvalue weighted by Gasteiger charge is -2.28. The van der Waals surface area contributed by atoms with Crippen LogP contribution in [0.4, 0.5) is 10.5 Å². The minimum absolute atomic E-state index is 0.190. The van der Waals surface area contributed by atoms with Crippen molar-refractivity contribution in [2.45, 2.75) is 70.0 Å². The van der Waals surface area contributed by atoms with E-state index < -0.39 is 36.0 Å². The molecule has 6 amide bonds. The van der Waals surface area contributed by atoms with Gasteiger partial charge in [-0.25, -0.2) is 4.79 Å². The van der Waals surface area contributed by atoms with Crippen molar-refractivity contribution in [2.75, 3.05) is 24.7 Å². The predicted octanol–water partition coefficient (Wildman–Crippen LogP) is 2.30. The number of carbonyl (C=O) groups is 5. The number of urea groups is 1. The number of hydrogen-bond donors (Lipinski definition) is 5. The van der Waals surface area contributed by atoms with Crippen molar-refractivity contribution in [1.29, 1.82) is 0 Å². The molecule has 2 rings (SSSR count). The van der Waals surface area contributed by atoms with E-state index in [0.29, 0.717) is 25.1 Å². The fourth-order valence-electron chi connectivity index (χ4n) is 4.25. The average molecular weight is 573 g/mol. The first-order valence-corrected chi connectivity index (χ1v) is 14.3. The molecule has 6 N–H and O–H groups in total. The molecule has 0 saturated carbocycles. The molecule has 1 fully saturated rings. The fourth-order valence-corrected chi connectivity index (χ4v) is 4.71. The number of thioether (sulfide) groups is 1. The van der Waals surface area contributed by atoms with Crippen molar-refractivity contribution in [3.05, 3.63) is 47.6 Å². The molecule has 11 nitrogen and oxygen atoms in total. The molecule has 0 bridgehead atoms. The molecule has 12 heteroatoms. The minimum atomic E-state index is -1.05. The molecule has 0 radical (unpaired) electrons. The third-order valence-corrected chi connectivity index (χ3v) is 6.78. The molecular weight excluding hydrogens is 532 g/mol. The molecule has 0 spiro atoms. The van der Waals surface area contributed by atoms with Crippen LogP contribution >= 0.6 is 11.8 Å². The van der Waals surface area contributed by atoms with Crippen LogP contribution in [0.25, 0.3) is 0 Å². The number of primary amides is 1. The van der Waals surface area contributed by atoms with Crippen LogP contribution in [0.15, 0.2) is 52.5 Å². The van der Waals surface area contributed by atoms with E-state index in [1.807, 2.05) is 38.3 Å². The van der Waals surface area contributed by atoms with E-state index in [9.17, 15) is 24.0 Å². The average Bonchev–Trinajstić information content (AvgIpc) is 3.28. The summed E-state index contributed by atoms with van der Waals surface area (Å²) in [6, 6.07) is 4.04. The number of anilines is 1. The van der Waals surface area contributed by atoms with Gasteiger partial charge in [-0.05, 0) is 71.4 Å².